The minimum atomic E-state index is -0.932. The number of hydrogen-bond acceptors (Lipinski definition) is 5. The lowest BCUT2D eigenvalue weighted by atomic mass is 10.2. The van der Waals surface area contributed by atoms with Crippen LogP contribution < -0.4 is 10.6 Å². The second kappa shape index (κ2) is 8.49. The van der Waals surface area contributed by atoms with Crippen molar-refractivity contribution in [2.75, 3.05) is 32.7 Å². The maximum absolute atomic E-state index is 12.2. The highest BCUT2D eigenvalue weighted by atomic mass is 16.4. The number of nitrogens with zero attached hydrogens (tertiary/aromatic N) is 3. The molecular weight excluding hydrogens is 346 g/mol. The van der Waals surface area contributed by atoms with Gasteiger partial charge < -0.3 is 20.3 Å². The molecular formula is C19H27N5O3. The van der Waals surface area contributed by atoms with Gasteiger partial charge in [-0.1, -0.05) is 0 Å². The van der Waals surface area contributed by atoms with E-state index in [9.17, 15) is 9.59 Å². The first-order valence-electron chi connectivity index (χ1n) is 9.36. The van der Waals surface area contributed by atoms with Crippen molar-refractivity contribution >= 4 is 22.9 Å². The minimum absolute atomic E-state index is 0.0911. The normalized spacial score (nSPS) is 17.9. The van der Waals surface area contributed by atoms with Crippen LogP contribution in [0.3, 0.4) is 0 Å². The van der Waals surface area contributed by atoms with Crippen molar-refractivity contribution in [1.82, 2.24) is 25.1 Å². The lowest BCUT2D eigenvalue weighted by Crippen LogP contribution is -2.50. The molecule has 8 nitrogen and oxygen atoms in total. The molecule has 0 aliphatic carbocycles. The number of aromatic nitrogens is 2. The summed E-state index contributed by atoms with van der Waals surface area (Å²) in [5.41, 5.74) is 2.26. The summed E-state index contributed by atoms with van der Waals surface area (Å²) in [5.74, 6) is -0.210. The van der Waals surface area contributed by atoms with Crippen molar-refractivity contribution < 1.29 is 14.7 Å². The highest BCUT2D eigenvalue weighted by molar-refractivity contribution is 5.97. The standard InChI is InChI=1S/C19H27N5O3/c1-13-12-20-8-10-24(13)9-6-17-22-15-11-14(3-4-16(15)23(17)2)19(27)21-7-5-18(25)26/h3-4,11,13,20H,5-10,12H2,1-2H3,(H,21,27)(H,25,26). The van der Waals surface area contributed by atoms with E-state index in [1.165, 1.54) is 0 Å². The smallest absolute Gasteiger partial charge is 0.305 e. The van der Waals surface area contributed by atoms with E-state index in [0.717, 1.165) is 49.5 Å². The molecule has 3 rings (SSSR count). The molecule has 1 amide bonds. The van der Waals surface area contributed by atoms with Crippen molar-refractivity contribution in [2.24, 2.45) is 7.05 Å². The summed E-state index contributed by atoms with van der Waals surface area (Å²) in [6, 6.07) is 5.94. The Morgan fingerprint density at radius 3 is 2.96 bits per heavy atom. The Labute approximate surface area is 158 Å². The third-order valence-corrected chi connectivity index (χ3v) is 5.12. The number of amides is 1. The first-order valence-corrected chi connectivity index (χ1v) is 9.36. The fourth-order valence-corrected chi connectivity index (χ4v) is 3.46. The quantitative estimate of drug-likeness (QED) is 0.658. The zero-order chi connectivity index (χ0) is 19.4. The molecule has 0 saturated carbocycles. The number of aliphatic carboxylic acids is 1. The number of carbonyl (C=O) groups is 2. The highest BCUT2D eigenvalue weighted by Crippen LogP contribution is 2.18. The van der Waals surface area contributed by atoms with E-state index in [4.69, 9.17) is 10.1 Å². The largest absolute Gasteiger partial charge is 0.481 e. The fourth-order valence-electron chi connectivity index (χ4n) is 3.46. The van der Waals surface area contributed by atoms with E-state index < -0.39 is 5.97 Å². The Balaban J connectivity index is 1.68. The molecule has 1 aromatic heterocycles. The van der Waals surface area contributed by atoms with Crippen LogP contribution >= 0.6 is 0 Å². The van der Waals surface area contributed by atoms with Crippen molar-refractivity contribution in [1.29, 1.82) is 0 Å². The summed E-state index contributed by atoms with van der Waals surface area (Å²) in [6.07, 6.45) is 0.766. The molecule has 0 spiro atoms. The summed E-state index contributed by atoms with van der Waals surface area (Å²) in [4.78, 5) is 29.9. The number of carboxylic acid groups (broad SMARTS) is 1. The number of hydrogen-bond donors (Lipinski definition) is 3. The summed E-state index contributed by atoms with van der Waals surface area (Å²) in [5, 5.41) is 14.7. The number of rotatable bonds is 7. The molecule has 146 valence electrons. The maximum atomic E-state index is 12.2. The number of carbonyl (C=O) groups excluding carboxylic acids is 1. The number of nitrogens with one attached hydrogen (secondary N) is 2. The van der Waals surface area contributed by atoms with E-state index in [0.29, 0.717) is 11.6 Å². The molecule has 1 unspecified atom stereocenters. The van der Waals surface area contributed by atoms with Gasteiger partial charge in [0.15, 0.2) is 0 Å². The summed E-state index contributed by atoms with van der Waals surface area (Å²) in [7, 11) is 2.00. The molecule has 27 heavy (non-hydrogen) atoms. The van der Waals surface area contributed by atoms with Crippen LogP contribution in [0.25, 0.3) is 11.0 Å². The number of fused-ring (bicyclic) bond motifs is 1. The number of imidazole rings is 1. The molecule has 3 N–H and O–H groups in total. The molecule has 1 aromatic carbocycles. The molecule has 1 atom stereocenters. The monoisotopic (exact) mass is 373 g/mol. The molecule has 1 saturated heterocycles. The predicted molar refractivity (Wildman–Crippen MR) is 103 cm³/mol. The summed E-state index contributed by atoms with van der Waals surface area (Å²) < 4.78 is 2.08. The third kappa shape index (κ3) is 4.64. The number of carboxylic acids is 1. The zero-order valence-corrected chi connectivity index (χ0v) is 15.9. The molecule has 0 radical (unpaired) electrons. The van der Waals surface area contributed by atoms with Gasteiger partial charge in [-0.2, -0.15) is 0 Å². The van der Waals surface area contributed by atoms with Crippen LogP contribution in [0, 0.1) is 0 Å². The van der Waals surface area contributed by atoms with Crippen molar-refractivity contribution in [3.63, 3.8) is 0 Å². The molecule has 1 aliphatic heterocycles. The molecule has 2 aromatic rings. The highest BCUT2D eigenvalue weighted by Gasteiger charge is 2.18. The number of benzene rings is 1. The van der Waals surface area contributed by atoms with Gasteiger partial charge in [-0.25, -0.2) is 4.98 Å². The van der Waals surface area contributed by atoms with E-state index in [-0.39, 0.29) is 18.9 Å². The van der Waals surface area contributed by atoms with Gasteiger partial charge in [-0.05, 0) is 25.1 Å². The molecule has 2 heterocycles. The van der Waals surface area contributed by atoms with Crippen LogP contribution in [0.15, 0.2) is 18.2 Å². The molecule has 8 heteroatoms. The Morgan fingerprint density at radius 2 is 2.22 bits per heavy atom. The Hall–Kier alpha value is -2.45. The Kier molecular flexibility index (Phi) is 6.08. The van der Waals surface area contributed by atoms with Gasteiger partial charge in [0.25, 0.3) is 5.91 Å². The van der Waals surface area contributed by atoms with Crippen molar-refractivity contribution in [3.05, 3.63) is 29.6 Å². The topological polar surface area (TPSA) is 99.5 Å². The van der Waals surface area contributed by atoms with E-state index >= 15 is 0 Å². The van der Waals surface area contributed by atoms with E-state index in [2.05, 4.69) is 27.0 Å². The lowest BCUT2D eigenvalue weighted by molar-refractivity contribution is -0.136. The van der Waals surface area contributed by atoms with Gasteiger partial charge in [0.2, 0.25) is 0 Å². The van der Waals surface area contributed by atoms with Gasteiger partial charge in [0, 0.05) is 57.8 Å². The maximum Gasteiger partial charge on any atom is 0.305 e. The predicted octanol–water partition coefficient (Wildman–Crippen LogP) is 0.614. The van der Waals surface area contributed by atoms with Crippen LogP contribution in [0.1, 0.15) is 29.5 Å². The van der Waals surface area contributed by atoms with Crippen LogP contribution in [-0.4, -0.2) is 70.2 Å². The van der Waals surface area contributed by atoms with Gasteiger partial charge in [0.1, 0.15) is 5.82 Å². The second-order valence-electron chi connectivity index (χ2n) is 7.03. The molecule has 1 fully saturated rings. The second-order valence-corrected chi connectivity index (χ2v) is 7.03. The Morgan fingerprint density at radius 1 is 1.41 bits per heavy atom. The zero-order valence-electron chi connectivity index (χ0n) is 15.9. The first-order chi connectivity index (χ1) is 13.0. The van der Waals surface area contributed by atoms with Gasteiger partial charge in [-0.3, -0.25) is 14.5 Å². The summed E-state index contributed by atoms with van der Waals surface area (Å²) in [6.45, 7) is 6.39. The average molecular weight is 373 g/mol. The van der Waals surface area contributed by atoms with Gasteiger partial charge in [0.05, 0.1) is 17.5 Å². The minimum Gasteiger partial charge on any atom is -0.481 e. The molecule has 1 aliphatic rings. The lowest BCUT2D eigenvalue weighted by Gasteiger charge is -2.33. The van der Waals surface area contributed by atoms with E-state index in [1.54, 1.807) is 12.1 Å². The van der Waals surface area contributed by atoms with Gasteiger partial charge in [-0.15, -0.1) is 0 Å². The van der Waals surface area contributed by atoms with Crippen LogP contribution in [0.2, 0.25) is 0 Å². The number of piperazine rings is 1. The van der Waals surface area contributed by atoms with Crippen LogP contribution in [0.4, 0.5) is 0 Å². The average Bonchev–Trinajstić information content (AvgIpc) is 2.96. The third-order valence-electron chi connectivity index (χ3n) is 5.12. The summed E-state index contributed by atoms with van der Waals surface area (Å²) >= 11 is 0. The van der Waals surface area contributed by atoms with Crippen molar-refractivity contribution in [2.45, 2.75) is 25.8 Å². The van der Waals surface area contributed by atoms with Gasteiger partial charge >= 0.3 is 5.97 Å². The van der Waals surface area contributed by atoms with E-state index in [1.807, 2.05) is 13.1 Å². The fraction of sp³-hybridized carbons (Fsp3) is 0.526. The number of aryl methyl sites for hydroxylation is 1. The Bertz CT molecular complexity index is 832. The van der Waals surface area contributed by atoms with Crippen molar-refractivity contribution in [3.8, 4) is 0 Å². The first kappa shape index (κ1) is 19.3. The van der Waals surface area contributed by atoms with Crippen LogP contribution in [-0.2, 0) is 18.3 Å². The van der Waals surface area contributed by atoms with Crippen LogP contribution in [0.5, 0.6) is 0 Å². The molecule has 0 bridgehead atoms. The SMILES string of the molecule is CC1CNCCN1CCc1nc2cc(C(=O)NCCC(=O)O)ccc2n1C.